The average Bonchev–Trinajstić information content (AvgIpc) is 2.94. The fourth-order valence-corrected chi connectivity index (χ4v) is 2.42. The largest absolute Gasteiger partial charge is 0.211 e. The van der Waals surface area contributed by atoms with E-state index in [1.165, 1.54) is 10.7 Å². The average molecular weight is 313 g/mol. The first-order valence-electron chi connectivity index (χ1n) is 6.49. The Balaban J connectivity index is 2.32. The summed E-state index contributed by atoms with van der Waals surface area (Å²) in [6.07, 6.45) is 0. The molecular weight excluding hydrogens is 303 g/mol. The van der Waals surface area contributed by atoms with Gasteiger partial charge in [-0.3, -0.25) is 0 Å². The summed E-state index contributed by atoms with van der Waals surface area (Å²) in [6.45, 7) is 1.83. The molecule has 0 N–H and O–H groups in total. The molecule has 0 radical (unpaired) electrons. The summed E-state index contributed by atoms with van der Waals surface area (Å²) in [5.74, 6) is -0.442. The summed E-state index contributed by atoms with van der Waals surface area (Å²) < 4.78 is 15.6. The molecule has 0 unspecified atom stereocenters. The van der Waals surface area contributed by atoms with Crippen LogP contribution in [0.25, 0.3) is 16.9 Å². The Morgan fingerprint density at radius 1 is 1.18 bits per heavy atom. The van der Waals surface area contributed by atoms with Crippen LogP contribution in [0.2, 0.25) is 5.02 Å². The van der Waals surface area contributed by atoms with Crippen LogP contribution in [0.3, 0.4) is 0 Å². The van der Waals surface area contributed by atoms with Crippen molar-refractivity contribution >= 4 is 11.6 Å². The van der Waals surface area contributed by atoms with Gasteiger partial charge in [0.15, 0.2) is 5.69 Å². The summed E-state index contributed by atoms with van der Waals surface area (Å²) >= 11 is 6.13. The van der Waals surface area contributed by atoms with E-state index in [1.807, 2.05) is 13.0 Å². The maximum absolute atomic E-state index is 14.1. The number of hydrogen-bond acceptors (Lipinski definition) is 3. The molecule has 2 aromatic carbocycles. The van der Waals surface area contributed by atoms with Gasteiger partial charge >= 0.3 is 0 Å². The Morgan fingerprint density at radius 2 is 1.95 bits per heavy atom. The third kappa shape index (κ3) is 2.24. The molecule has 3 rings (SSSR count). The highest BCUT2D eigenvalue weighted by atomic mass is 35.5. The zero-order valence-corrected chi connectivity index (χ0v) is 12.3. The first-order chi connectivity index (χ1) is 10.6. The molecule has 22 heavy (non-hydrogen) atoms. The van der Waals surface area contributed by atoms with E-state index in [1.54, 1.807) is 36.4 Å². The van der Waals surface area contributed by atoms with Crippen LogP contribution in [0.15, 0.2) is 42.5 Å². The van der Waals surface area contributed by atoms with Crippen molar-refractivity contribution in [3.8, 4) is 23.0 Å². The molecule has 3 aromatic rings. The van der Waals surface area contributed by atoms with Crippen LogP contribution in [0, 0.1) is 24.1 Å². The molecule has 1 heterocycles. The highest BCUT2D eigenvalue weighted by Gasteiger charge is 2.20. The molecule has 0 aliphatic carbocycles. The Bertz CT molecular complexity index is 895. The van der Waals surface area contributed by atoms with E-state index < -0.39 is 5.82 Å². The highest BCUT2D eigenvalue weighted by Crippen LogP contribution is 2.30. The second-order valence-electron chi connectivity index (χ2n) is 4.67. The van der Waals surface area contributed by atoms with Gasteiger partial charge in [-0.15, -0.1) is 5.10 Å². The monoisotopic (exact) mass is 312 g/mol. The molecule has 0 aliphatic rings. The summed E-state index contributed by atoms with van der Waals surface area (Å²) in [5, 5.41) is 17.6. The molecule has 0 saturated carbocycles. The van der Waals surface area contributed by atoms with Gasteiger partial charge in [0, 0.05) is 10.6 Å². The molecule has 1 aromatic heterocycles. The van der Waals surface area contributed by atoms with Crippen LogP contribution in [-0.2, 0) is 0 Å². The molecule has 6 heteroatoms. The third-order valence-electron chi connectivity index (χ3n) is 3.37. The normalized spacial score (nSPS) is 10.5. The van der Waals surface area contributed by atoms with Crippen LogP contribution in [0.5, 0.6) is 0 Å². The maximum Gasteiger partial charge on any atom is 0.191 e. The molecule has 0 bridgehead atoms. The van der Waals surface area contributed by atoms with Crippen molar-refractivity contribution in [3.05, 3.63) is 64.6 Å². The Kier molecular flexibility index (Phi) is 3.61. The molecule has 0 aliphatic heterocycles. The topological polar surface area (TPSA) is 54.5 Å². The molecule has 108 valence electrons. The van der Waals surface area contributed by atoms with Crippen LogP contribution < -0.4 is 0 Å². The quantitative estimate of drug-likeness (QED) is 0.721. The number of halogens is 2. The second kappa shape index (κ2) is 5.58. The summed E-state index contributed by atoms with van der Waals surface area (Å²) in [5.41, 5.74) is 2.06. The van der Waals surface area contributed by atoms with Gasteiger partial charge < -0.3 is 0 Å². The van der Waals surface area contributed by atoms with Gasteiger partial charge in [0.2, 0.25) is 0 Å². The van der Waals surface area contributed by atoms with Crippen molar-refractivity contribution in [3.63, 3.8) is 0 Å². The van der Waals surface area contributed by atoms with E-state index in [4.69, 9.17) is 11.6 Å². The molecule has 0 spiro atoms. The predicted molar refractivity (Wildman–Crippen MR) is 81.2 cm³/mol. The van der Waals surface area contributed by atoms with Crippen LogP contribution in [-0.4, -0.2) is 15.0 Å². The molecule has 0 amide bonds. The van der Waals surface area contributed by atoms with Gasteiger partial charge in [0.25, 0.3) is 0 Å². The van der Waals surface area contributed by atoms with Crippen molar-refractivity contribution in [2.45, 2.75) is 6.92 Å². The molecule has 4 nitrogen and oxygen atoms in total. The summed E-state index contributed by atoms with van der Waals surface area (Å²) in [4.78, 5) is 0. The number of hydrogen-bond donors (Lipinski definition) is 0. The minimum atomic E-state index is -0.442. The van der Waals surface area contributed by atoms with Crippen LogP contribution in [0.1, 0.15) is 11.3 Å². The lowest BCUT2D eigenvalue weighted by molar-refractivity contribution is 0.629. The van der Waals surface area contributed by atoms with E-state index in [2.05, 4.69) is 10.3 Å². The fourth-order valence-electron chi connectivity index (χ4n) is 2.25. The zero-order chi connectivity index (χ0) is 15.7. The van der Waals surface area contributed by atoms with Crippen LogP contribution >= 0.6 is 11.6 Å². The first-order valence-corrected chi connectivity index (χ1v) is 6.87. The SMILES string of the molecule is Cc1c(Cl)cccc1-n1nnc(C#N)c1-c1ccccc1F. The third-order valence-corrected chi connectivity index (χ3v) is 3.78. The number of nitrogens with zero attached hydrogens (tertiary/aromatic N) is 4. The minimum absolute atomic E-state index is 0.0597. The first kappa shape index (κ1) is 14.2. The van der Waals surface area contributed by atoms with Crippen molar-refractivity contribution in [1.29, 1.82) is 5.26 Å². The second-order valence-corrected chi connectivity index (χ2v) is 5.08. The fraction of sp³-hybridized carbons (Fsp3) is 0.0625. The number of aromatic nitrogens is 3. The van der Waals surface area contributed by atoms with E-state index in [0.29, 0.717) is 16.4 Å². The van der Waals surface area contributed by atoms with Crippen molar-refractivity contribution in [2.75, 3.05) is 0 Å². The Morgan fingerprint density at radius 3 is 2.68 bits per heavy atom. The predicted octanol–water partition coefficient (Wildman–Crippen LogP) is 3.91. The lowest BCUT2D eigenvalue weighted by Gasteiger charge is -2.11. The van der Waals surface area contributed by atoms with E-state index in [0.717, 1.165) is 5.56 Å². The molecular formula is C16H10ClFN4. The number of rotatable bonds is 2. The van der Waals surface area contributed by atoms with Crippen LogP contribution in [0.4, 0.5) is 4.39 Å². The summed E-state index contributed by atoms with van der Waals surface area (Å²) in [6, 6.07) is 13.5. The van der Waals surface area contributed by atoms with Gasteiger partial charge in [-0.1, -0.05) is 35.0 Å². The smallest absolute Gasteiger partial charge is 0.191 e. The Hall–Kier alpha value is -2.71. The van der Waals surface area contributed by atoms with Crippen molar-refractivity contribution < 1.29 is 4.39 Å². The van der Waals surface area contributed by atoms with Crippen molar-refractivity contribution in [1.82, 2.24) is 15.0 Å². The lowest BCUT2D eigenvalue weighted by Crippen LogP contribution is -2.03. The van der Waals surface area contributed by atoms with Gasteiger partial charge in [0.05, 0.1) is 5.69 Å². The maximum atomic E-state index is 14.1. The molecule has 0 fully saturated rings. The highest BCUT2D eigenvalue weighted by molar-refractivity contribution is 6.31. The van der Waals surface area contributed by atoms with Crippen molar-refractivity contribution in [2.24, 2.45) is 0 Å². The van der Waals surface area contributed by atoms with Gasteiger partial charge in [-0.2, -0.15) is 5.26 Å². The standard InChI is InChI=1S/C16H10ClFN4/c1-10-12(17)6-4-8-15(10)22-16(14(9-19)20-21-22)11-5-2-3-7-13(11)18/h2-8H,1H3. The zero-order valence-electron chi connectivity index (χ0n) is 11.6. The Labute approximate surface area is 131 Å². The van der Waals surface area contributed by atoms with E-state index in [9.17, 15) is 9.65 Å². The molecule has 0 saturated heterocycles. The molecule has 0 atom stereocenters. The van der Waals surface area contributed by atoms with Gasteiger partial charge in [-0.25, -0.2) is 9.07 Å². The van der Waals surface area contributed by atoms with Gasteiger partial charge in [-0.05, 0) is 36.8 Å². The van der Waals surface area contributed by atoms with E-state index >= 15 is 0 Å². The number of benzene rings is 2. The lowest BCUT2D eigenvalue weighted by atomic mass is 10.1. The summed E-state index contributed by atoms with van der Waals surface area (Å²) in [7, 11) is 0. The van der Waals surface area contributed by atoms with E-state index in [-0.39, 0.29) is 11.3 Å². The number of nitriles is 1. The van der Waals surface area contributed by atoms with Gasteiger partial charge in [0.1, 0.15) is 17.6 Å². The minimum Gasteiger partial charge on any atom is -0.211 e.